The van der Waals surface area contributed by atoms with Crippen molar-refractivity contribution >= 4 is 33.4 Å². The fraction of sp³-hybridized carbons (Fsp3) is 0.462. The van der Waals surface area contributed by atoms with Crippen molar-refractivity contribution in [3.05, 3.63) is 30.0 Å². The van der Waals surface area contributed by atoms with Crippen LogP contribution in [0, 0.1) is 0 Å². The number of nitrogens with zero attached hydrogens (tertiary/aromatic N) is 1. The molecule has 0 aliphatic carbocycles. The number of para-hydroxylation sites is 1. The van der Waals surface area contributed by atoms with Gasteiger partial charge in [0.1, 0.15) is 11.4 Å². The molecular weight excluding hydrogens is 314 g/mol. The first-order valence-electron chi connectivity index (χ1n) is 6.68. The summed E-state index contributed by atoms with van der Waals surface area (Å²) in [5.41, 5.74) is 1.06. The molecule has 116 valence electrons. The molecule has 1 fully saturated rings. The van der Waals surface area contributed by atoms with Gasteiger partial charge < -0.3 is 9.84 Å². The Morgan fingerprint density at radius 2 is 2.19 bits per heavy atom. The molecule has 8 heteroatoms. The zero-order valence-electron chi connectivity index (χ0n) is 11.4. The van der Waals surface area contributed by atoms with Crippen LogP contribution in [0.4, 0.5) is 0 Å². The van der Waals surface area contributed by atoms with Gasteiger partial charge in [0.05, 0.1) is 0 Å². The standard InChI is InChI=1S/C13H17N3O3S.ClH/c17-20(18,16-10-4-3-7-14-8-10)9-12-11-5-1-2-6-13(11)19-15-12;/h1-2,5-6,10,14,16H,3-4,7-9H2;1H/t10-;/m0./s1. The molecule has 1 atom stereocenters. The highest BCUT2D eigenvalue weighted by Gasteiger charge is 2.22. The van der Waals surface area contributed by atoms with Gasteiger partial charge in [0.25, 0.3) is 0 Å². The molecule has 1 aromatic carbocycles. The van der Waals surface area contributed by atoms with Crippen molar-refractivity contribution in [1.82, 2.24) is 15.2 Å². The third-order valence-electron chi connectivity index (χ3n) is 3.42. The molecule has 0 spiro atoms. The molecule has 0 bridgehead atoms. The first-order valence-corrected chi connectivity index (χ1v) is 8.33. The molecule has 1 aromatic heterocycles. The van der Waals surface area contributed by atoms with Crippen LogP contribution in [0.5, 0.6) is 0 Å². The van der Waals surface area contributed by atoms with Gasteiger partial charge in [0.15, 0.2) is 5.58 Å². The van der Waals surface area contributed by atoms with E-state index in [-0.39, 0.29) is 24.2 Å². The summed E-state index contributed by atoms with van der Waals surface area (Å²) in [5.74, 6) is -0.152. The minimum Gasteiger partial charge on any atom is -0.356 e. The van der Waals surface area contributed by atoms with E-state index in [1.165, 1.54) is 0 Å². The van der Waals surface area contributed by atoms with E-state index in [0.717, 1.165) is 24.8 Å². The van der Waals surface area contributed by atoms with Crippen molar-refractivity contribution < 1.29 is 12.9 Å². The molecule has 2 aromatic rings. The average Bonchev–Trinajstić information content (AvgIpc) is 2.82. The lowest BCUT2D eigenvalue weighted by molar-refractivity contribution is 0.427. The molecule has 0 radical (unpaired) electrons. The lowest BCUT2D eigenvalue weighted by Gasteiger charge is -2.23. The van der Waals surface area contributed by atoms with Gasteiger partial charge in [-0.3, -0.25) is 0 Å². The maximum atomic E-state index is 12.2. The second kappa shape index (κ2) is 6.74. The van der Waals surface area contributed by atoms with Crippen LogP contribution in [0.1, 0.15) is 18.5 Å². The zero-order valence-corrected chi connectivity index (χ0v) is 13.0. The average molecular weight is 332 g/mol. The monoisotopic (exact) mass is 331 g/mol. The summed E-state index contributed by atoms with van der Waals surface area (Å²) in [4.78, 5) is 0. The van der Waals surface area contributed by atoms with Crippen molar-refractivity contribution in [3.63, 3.8) is 0 Å². The first-order chi connectivity index (χ1) is 9.64. The molecule has 0 unspecified atom stereocenters. The van der Waals surface area contributed by atoms with Crippen molar-refractivity contribution in [2.24, 2.45) is 0 Å². The van der Waals surface area contributed by atoms with E-state index in [9.17, 15) is 8.42 Å². The summed E-state index contributed by atoms with van der Waals surface area (Å²) >= 11 is 0. The largest absolute Gasteiger partial charge is 0.356 e. The lowest BCUT2D eigenvalue weighted by Crippen LogP contribution is -2.45. The number of piperidine rings is 1. The number of sulfonamides is 1. The van der Waals surface area contributed by atoms with E-state index in [4.69, 9.17) is 4.52 Å². The van der Waals surface area contributed by atoms with Gasteiger partial charge in [0, 0.05) is 18.0 Å². The highest BCUT2D eigenvalue weighted by molar-refractivity contribution is 7.88. The number of halogens is 1. The maximum absolute atomic E-state index is 12.2. The summed E-state index contributed by atoms with van der Waals surface area (Å²) in [6.45, 7) is 1.63. The van der Waals surface area contributed by atoms with Crippen molar-refractivity contribution in [2.45, 2.75) is 24.6 Å². The van der Waals surface area contributed by atoms with Crippen LogP contribution in [0.2, 0.25) is 0 Å². The molecule has 21 heavy (non-hydrogen) atoms. The Morgan fingerprint density at radius 1 is 1.38 bits per heavy atom. The van der Waals surface area contributed by atoms with Gasteiger partial charge in [-0.05, 0) is 31.5 Å². The predicted octanol–water partition coefficient (Wildman–Crippen LogP) is 1.42. The van der Waals surface area contributed by atoms with Crippen molar-refractivity contribution in [2.75, 3.05) is 13.1 Å². The van der Waals surface area contributed by atoms with Gasteiger partial charge in [-0.25, -0.2) is 13.1 Å². The highest BCUT2D eigenvalue weighted by atomic mass is 35.5. The molecule has 3 rings (SSSR count). The van der Waals surface area contributed by atoms with E-state index >= 15 is 0 Å². The third-order valence-corrected chi connectivity index (χ3v) is 4.77. The van der Waals surface area contributed by atoms with Gasteiger partial charge in [-0.1, -0.05) is 17.3 Å². The van der Waals surface area contributed by atoms with E-state index in [2.05, 4.69) is 15.2 Å². The Hall–Kier alpha value is -1.15. The maximum Gasteiger partial charge on any atom is 0.217 e. The summed E-state index contributed by atoms with van der Waals surface area (Å²) in [7, 11) is -3.41. The molecule has 6 nitrogen and oxygen atoms in total. The van der Waals surface area contributed by atoms with Crippen LogP contribution in [0.15, 0.2) is 28.8 Å². The minimum atomic E-state index is -3.41. The van der Waals surface area contributed by atoms with E-state index in [1.54, 1.807) is 6.07 Å². The Labute approximate surface area is 129 Å². The van der Waals surface area contributed by atoms with Gasteiger partial charge in [-0.15, -0.1) is 12.4 Å². The molecule has 0 saturated carbocycles. The van der Waals surface area contributed by atoms with Crippen LogP contribution in [0.25, 0.3) is 11.0 Å². The number of nitrogens with one attached hydrogen (secondary N) is 2. The number of benzene rings is 1. The summed E-state index contributed by atoms with van der Waals surface area (Å²) in [6, 6.07) is 7.23. The number of fused-ring (bicyclic) bond motifs is 1. The number of aromatic nitrogens is 1. The Kier molecular flexibility index (Phi) is 5.21. The van der Waals surface area contributed by atoms with Crippen LogP contribution in [-0.4, -0.2) is 32.7 Å². The number of hydrogen-bond donors (Lipinski definition) is 2. The molecule has 1 aliphatic rings. The zero-order chi connectivity index (χ0) is 14.0. The van der Waals surface area contributed by atoms with Crippen LogP contribution in [0.3, 0.4) is 0 Å². The molecular formula is C13H18ClN3O3S. The smallest absolute Gasteiger partial charge is 0.217 e. The minimum absolute atomic E-state index is 0. The molecule has 1 aliphatic heterocycles. The van der Waals surface area contributed by atoms with Crippen LogP contribution >= 0.6 is 12.4 Å². The van der Waals surface area contributed by atoms with E-state index in [1.807, 2.05) is 18.2 Å². The summed E-state index contributed by atoms with van der Waals surface area (Å²) in [6.07, 6.45) is 1.85. The Morgan fingerprint density at radius 3 is 2.95 bits per heavy atom. The molecule has 2 N–H and O–H groups in total. The Balaban J connectivity index is 0.00000161. The highest BCUT2D eigenvalue weighted by Crippen LogP contribution is 2.19. The summed E-state index contributed by atoms with van der Waals surface area (Å²) in [5, 5.41) is 7.80. The third kappa shape index (κ3) is 3.94. The number of rotatable bonds is 4. The van der Waals surface area contributed by atoms with Crippen molar-refractivity contribution in [1.29, 1.82) is 0 Å². The van der Waals surface area contributed by atoms with Crippen LogP contribution < -0.4 is 10.0 Å². The fourth-order valence-electron chi connectivity index (χ4n) is 2.47. The normalized spacial score (nSPS) is 19.3. The van der Waals surface area contributed by atoms with Gasteiger partial charge in [-0.2, -0.15) is 0 Å². The number of hydrogen-bond acceptors (Lipinski definition) is 5. The van der Waals surface area contributed by atoms with Crippen LogP contribution in [-0.2, 0) is 15.8 Å². The van der Waals surface area contributed by atoms with E-state index in [0.29, 0.717) is 17.8 Å². The quantitative estimate of drug-likeness (QED) is 0.885. The lowest BCUT2D eigenvalue weighted by atomic mass is 10.1. The molecule has 2 heterocycles. The first kappa shape index (κ1) is 16.2. The molecule has 1 saturated heterocycles. The summed E-state index contributed by atoms with van der Waals surface area (Å²) < 4.78 is 32.2. The topological polar surface area (TPSA) is 84.2 Å². The van der Waals surface area contributed by atoms with Gasteiger partial charge in [0.2, 0.25) is 10.0 Å². The SMILES string of the molecule is Cl.O=S(=O)(Cc1noc2ccccc12)N[C@H]1CCCNC1. The van der Waals surface area contributed by atoms with Crippen molar-refractivity contribution in [3.8, 4) is 0 Å². The van der Waals surface area contributed by atoms with E-state index < -0.39 is 10.0 Å². The Bertz CT molecular complexity index is 696. The second-order valence-electron chi connectivity index (χ2n) is 5.05. The predicted molar refractivity (Wildman–Crippen MR) is 82.9 cm³/mol. The fourth-order valence-corrected chi connectivity index (χ4v) is 3.83. The van der Waals surface area contributed by atoms with Gasteiger partial charge >= 0.3 is 0 Å². The second-order valence-corrected chi connectivity index (χ2v) is 6.80. The molecule has 0 amide bonds.